The van der Waals surface area contributed by atoms with Crippen LogP contribution < -0.4 is 0 Å². The fourth-order valence-electron chi connectivity index (χ4n) is 6.36. The Bertz CT molecular complexity index is 1370. The molecule has 0 saturated carbocycles. The molecule has 0 rings (SSSR count). The minimum absolute atomic E-state index is 0.0402. The van der Waals surface area contributed by atoms with Crippen molar-refractivity contribution in [1.29, 1.82) is 0 Å². The van der Waals surface area contributed by atoms with Gasteiger partial charge in [0.2, 0.25) is 0 Å². The summed E-state index contributed by atoms with van der Waals surface area (Å²) in [7, 11) is 5.50. The lowest BCUT2D eigenvalue weighted by atomic mass is 10.1. The van der Waals surface area contributed by atoms with Gasteiger partial charge in [0.1, 0.15) is 6.61 Å². The molecule has 0 aromatic carbocycles. The molecule has 8 nitrogen and oxygen atoms in total. The van der Waals surface area contributed by atoms with Crippen LogP contribution in [0.5, 0.6) is 0 Å². The molecule has 0 spiro atoms. The van der Waals surface area contributed by atoms with Crippen molar-refractivity contribution >= 4 is 17.9 Å². The maximum absolute atomic E-state index is 12.7. The Morgan fingerprint density at radius 2 is 0.935 bits per heavy atom. The molecule has 0 radical (unpaired) electrons. The minimum Gasteiger partial charge on any atom is -0.477 e. The van der Waals surface area contributed by atoms with Crippen molar-refractivity contribution in [2.75, 3.05) is 41.0 Å². The van der Waals surface area contributed by atoms with Crippen LogP contribution in [0.4, 0.5) is 0 Å². The Balaban J connectivity index is 4.34. The molecule has 350 valence electrons. The highest BCUT2D eigenvalue weighted by Gasteiger charge is 2.31. The molecular weight excluding hydrogens is 775 g/mol. The zero-order chi connectivity index (χ0) is 45.6. The van der Waals surface area contributed by atoms with Gasteiger partial charge in [-0.1, -0.05) is 175 Å². The number of rotatable bonds is 41. The largest absolute Gasteiger partial charge is 0.477 e. The van der Waals surface area contributed by atoms with E-state index in [1.807, 2.05) is 51.5 Å². The van der Waals surface area contributed by atoms with E-state index in [1.165, 1.54) is 19.3 Å². The third-order valence-electron chi connectivity index (χ3n) is 10.0. The molecule has 8 heteroatoms. The highest BCUT2D eigenvalue weighted by atomic mass is 16.6. The second-order valence-electron chi connectivity index (χ2n) is 16.7. The number of unbranched alkanes of at least 4 members (excludes halogenated alkanes) is 12. The molecule has 0 heterocycles. The van der Waals surface area contributed by atoms with Crippen LogP contribution >= 0.6 is 0 Å². The predicted molar refractivity (Wildman–Crippen MR) is 261 cm³/mol. The summed E-state index contributed by atoms with van der Waals surface area (Å²) in [6.07, 6.45) is 59.9. The normalized spacial score (nSPS) is 13.9. The van der Waals surface area contributed by atoms with Crippen LogP contribution in [-0.2, 0) is 28.6 Å². The monoisotopic (exact) mass is 863 g/mol. The molecule has 0 aliphatic carbocycles. The first-order valence-electron chi connectivity index (χ1n) is 24.0. The van der Waals surface area contributed by atoms with Gasteiger partial charge in [0.15, 0.2) is 12.1 Å². The zero-order valence-corrected chi connectivity index (χ0v) is 39.8. The van der Waals surface area contributed by atoms with E-state index in [1.54, 1.807) is 0 Å². The maximum Gasteiger partial charge on any atom is 0.362 e. The number of quaternary nitrogens is 1. The lowest BCUT2D eigenvalue weighted by molar-refractivity contribution is -0.887. The zero-order valence-electron chi connectivity index (χ0n) is 39.8. The number of carbonyl (C=O) groups is 3. The van der Waals surface area contributed by atoms with Gasteiger partial charge >= 0.3 is 17.9 Å². The Labute approximate surface area is 378 Å². The lowest BCUT2D eigenvalue weighted by Crippen LogP contribution is -2.50. The van der Waals surface area contributed by atoms with E-state index < -0.39 is 18.1 Å². The van der Waals surface area contributed by atoms with Gasteiger partial charge in [-0.2, -0.15) is 0 Å². The van der Waals surface area contributed by atoms with Gasteiger partial charge in [-0.3, -0.25) is 9.59 Å². The molecule has 0 saturated heterocycles. The van der Waals surface area contributed by atoms with Gasteiger partial charge in [0.05, 0.1) is 34.4 Å². The van der Waals surface area contributed by atoms with Crippen LogP contribution in [0.2, 0.25) is 0 Å². The molecule has 0 aromatic heterocycles. The van der Waals surface area contributed by atoms with E-state index in [4.69, 9.17) is 14.2 Å². The van der Waals surface area contributed by atoms with Crippen molar-refractivity contribution in [3.8, 4) is 0 Å². The first-order valence-corrected chi connectivity index (χ1v) is 24.0. The summed E-state index contributed by atoms with van der Waals surface area (Å²) >= 11 is 0. The molecule has 0 amide bonds. The maximum atomic E-state index is 12.7. The van der Waals surface area contributed by atoms with Crippen molar-refractivity contribution in [3.63, 3.8) is 0 Å². The third-order valence-corrected chi connectivity index (χ3v) is 10.0. The second kappa shape index (κ2) is 43.6. The van der Waals surface area contributed by atoms with E-state index in [0.29, 0.717) is 19.3 Å². The molecule has 0 fully saturated rings. The van der Waals surface area contributed by atoms with E-state index >= 15 is 0 Å². The standard InChI is InChI=1S/C54H87NO7/c1-6-8-10-12-14-16-18-20-22-23-24-25-26-27-28-29-31-32-34-36-38-40-42-44-52(56)61-49-50(48-60-47-46-51(54(58)59)55(3,4)5)62-53(57)45-43-41-39-37-35-33-30-21-19-17-15-13-11-9-7-2/h8-11,13-17,19-22,24-25,27-28,30,50-51H,6-7,12,18,23,26,29,31-49H2,1-5H3/p+1/b10-8+,11-9+,15-13+,16-14+,19-17+,22-20+,25-24+,28-27+,30-21+. The lowest BCUT2D eigenvalue weighted by Gasteiger charge is -2.31. The number of hydrogen-bond acceptors (Lipinski definition) is 6. The summed E-state index contributed by atoms with van der Waals surface area (Å²) in [6.45, 7) is 4.43. The predicted octanol–water partition coefficient (Wildman–Crippen LogP) is 13.6. The average Bonchev–Trinajstić information content (AvgIpc) is 3.23. The SMILES string of the molecule is CC/C=C/C=C/C=C/C=C/CCCCCCCC(=O)OC(COCCC(C(=O)O)[N+](C)(C)C)COC(=O)CCCCCCCCC/C=C/C/C=C/C/C=C/C/C=C/C/C=C/CC. The van der Waals surface area contributed by atoms with Gasteiger partial charge in [-0.05, 0) is 77.0 Å². The van der Waals surface area contributed by atoms with Crippen molar-refractivity contribution in [1.82, 2.24) is 0 Å². The number of carbonyl (C=O) groups excluding carboxylic acids is 2. The van der Waals surface area contributed by atoms with Crippen LogP contribution in [-0.4, -0.2) is 80.6 Å². The van der Waals surface area contributed by atoms with Crippen molar-refractivity contribution in [2.45, 2.75) is 174 Å². The number of aliphatic carboxylic acids is 1. The Morgan fingerprint density at radius 1 is 0.500 bits per heavy atom. The minimum atomic E-state index is -0.886. The van der Waals surface area contributed by atoms with Crippen molar-refractivity contribution in [3.05, 3.63) is 109 Å². The highest BCUT2D eigenvalue weighted by Crippen LogP contribution is 2.13. The molecule has 0 aliphatic heterocycles. The number of carboxylic acids is 1. The highest BCUT2D eigenvalue weighted by molar-refractivity contribution is 5.72. The number of hydrogen-bond donors (Lipinski definition) is 1. The number of likely N-dealkylation sites (N-methyl/N-ethyl adjacent to an activating group) is 1. The molecule has 0 aliphatic rings. The molecule has 2 unspecified atom stereocenters. The second-order valence-corrected chi connectivity index (χ2v) is 16.7. The number of esters is 2. The van der Waals surface area contributed by atoms with Gasteiger partial charge in [-0.25, -0.2) is 4.79 Å². The van der Waals surface area contributed by atoms with Gasteiger partial charge in [-0.15, -0.1) is 0 Å². The summed E-state index contributed by atoms with van der Waals surface area (Å²) in [5, 5.41) is 9.64. The van der Waals surface area contributed by atoms with E-state index in [0.717, 1.165) is 109 Å². The summed E-state index contributed by atoms with van der Waals surface area (Å²) in [5.41, 5.74) is 0. The topological polar surface area (TPSA) is 99.1 Å². The first kappa shape index (κ1) is 58.0. The summed E-state index contributed by atoms with van der Waals surface area (Å²) in [5.74, 6) is -1.53. The van der Waals surface area contributed by atoms with Crippen LogP contribution in [0.25, 0.3) is 0 Å². The number of carboxylic acid groups (broad SMARTS) is 1. The number of allylic oxidation sites excluding steroid dienone is 18. The summed E-state index contributed by atoms with van der Waals surface area (Å²) in [4.78, 5) is 37.1. The molecule has 0 aromatic rings. The van der Waals surface area contributed by atoms with Crippen LogP contribution in [0, 0.1) is 0 Å². The number of ether oxygens (including phenoxy) is 3. The molecule has 0 bridgehead atoms. The van der Waals surface area contributed by atoms with Gasteiger partial charge in [0, 0.05) is 19.3 Å². The van der Waals surface area contributed by atoms with Crippen LogP contribution in [0.3, 0.4) is 0 Å². The summed E-state index contributed by atoms with van der Waals surface area (Å²) in [6, 6.07) is -0.628. The van der Waals surface area contributed by atoms with E-state index in [2.05, 4.69) is 92.8 Å². The molecule has 2 atom stereocenters. The first-order chi connectivity index (χ1) is 30.1. The fourth-order valence-corrected chi connectivity index (χ4v) is 6.36. The van der Waals surface area contributed by atoms with Crippen molar-refractivity contribution < 1.29 is 38.2 Å². The Kier molecular flexibility index (Phi) is 40.8. The number of nitrogens with zero attached hydrogens (tertiary/aromatic N) is 1. The Morgan fingerprint density at radius 3 is 1.45 bits per heavy atom. The molecule has 1 N–H and O–H groups in total. The molecule has 62 heavy (non-hydrogen) atoms. The van der Waals surface area contributed by atoms with Gasteiger partial charge in [0.25, 0.3) is 0 Å². The summed E-state index contributed by atoms with van der Waals surface area (Å²) < 4.78 is 17.3. The fraction of sp³-hybridized carbons (Fsp3) is 0.611. The molecular formula is C54H88NO7+. The third kappa shape index (κ3) is 41.3. The smallest absolute Gasteiger partial charge is 0.362 e. The Hall–Kier alpha value is -4.01. The quantitative estimate of drug-likeness (QED) is 0.0215. The van der Waals surface area contributed by atoms with Crippen molar-refractivity contribution in [2.24, 2.45) is 0 Å². The van der Waals surface area contributed by atoms with E-state index in [-0.39, 0.29) is 36.2 Å². The average molecular weight is 863 g/mol. The van der Waals surface area contributed by atoms with Gasteiger partial charge < -0.3 is 23.8 Å². The van der Waals surface area contributed by atoms with Crippen LogP contribution in [0.1, 0.15) is 162 Å². The van der Waals surface area contributed by atoms with E-state index in [9.17, 15) is 19.5 Å². The van der Waals surface area contributed by atoms with Crippen LogP contribution in [0.15, 0.2) is 109 Å².